The van der Waals surface area contributed by atoms with Crippen LogP contribution in [0.25, 0.3) is 6.08 Å². The summed E-state index contributed by atoms with van der Waals surface area (Å²) in [6.45, 7) is 2.13. The summed E-state index contributed by atoms with van der Waals surface area (Å²) in [5.41, 5.74) is 2.19. The first-order valence-corrected chi connectivity index (χ1v) is 5.90. The predicted octanol–water partition coefficient (Wildman–Crippen LogP) is 2.78. The second kappa shape index (κ2) is 7.82. The average molecular weight is 232 g/mol. The van der Waals surface area contributed by atoms with Crippen LogP contribution in [0, 0.1) is 0 Å². The van der Waals surface area contributed by atoms with Crippen LogP contribution >= 0.6 is 0 Å². The fraction of sp³-hybridized carbons (Fsp3) is 0.333. The van der Waals surface area contributed by atoms with E-state index in [-0.39, 0.29) is 6.61 Å². The molecule has 0 saturated heterocycles. The predicted molar refractivity (Wildman–Crippen MR) is 71.6 cm³/mol. The third kappa shape index (κ3) is 6.05. The molecule has 17 heavy (non-hydrogen) atoms. The molecule has 2 heteroatoms. The Hall–Kier alpha value is -1.38. The first-order chi connectivity index (χ1) is 8.22. The summed E-state index contributed by atoms with van der Waals surface area (Å²) in [4.78, 5) is 0. The highest BCUT2D eigenvalue weighted by atomic mass is 16.3. The first kappa shape index (κ1) is 13.7. The number of benzene rings is 1. The Balaban J connectivity index is 2.44. The fourth-order valence-corrected chi connectivity index (χ4v) is 1.58. The van der Waals surface area contributed by atoms with Crippen molar-refractivity contribution >= 4 is 6.08 Å². The minimum absolute atomic E-state index is 0.160. The van der Waals surface area contributed by atoms with Gasteiger partial charge in [-0.25, -0.2) is 0 Å². The Morgan fingerprint density at radius 2 is 2.00 bits per heavy atom. The van der Waals surface area contributed by atoms with Gasteiger partial charge in [0.05, 0.1) is 6.10 Å². The van der Waals surface area contributed by atoms with Crippen LogP contribution in [0.15, 0.2) is 48.1 Å². The summed E-state index contributed by atoms with van der Waals surface area (Å²) >= 11 is 0. The molecular formula is C15H20O2. The fourth-order valence-electron chi connectivity index (χ4n) is 1.58. The lowest BCUT2D eigenvalue weighted by Crippen LogP contribution is -2.02. The van der Waals surface area contributed by atoms with Gasteiger partial charge in [0.2, 0.25) is 0 Å². The van der Waals surface area contributed by atoms with E-state index in [1.807, 2.05) is 49.4 Å². The van der Waals surface area contributed by atoms with Crippen molar-refractivity contribution in [3.63, 3.8) is 0 Å². The van der Waals surface area contributed by atoms with Crippen molar-refractivity contribution in [2.24, 2.45) is 0 Å². The summed E-state index contributed by atoms with van der Waals surface area (Å²) in [6, 6.07) is 9.90. The highest BCUT2D eigenvalue weighted by Crippen LogP contribution is 2.09. The van der Waals surface area contributed by atoms with Gasteiger partial charge in [-0.1, -0.05) is 54.1 Å². The molecule has 1 aromatic rings. The van der Waals surface area contributed by atoms with Crippen molar-refractivity contribution in [2.75, 3.05) is 6.61 Å². The van der Waals surface area contributed by atoms with E-state index in [1.54, 1.807) is 6.08 Å². The highest BCUT2D eigenvalue weighted by Gasteiger charge is 1.99. The highest BCUT2D eigenvalue weighted by molar-refractivity contribution is 5.49. The minimum atomic E-state index is -0.467. The van der Waals surface area contributed by atoms with Gasteiger partial charge in [-0.3, -0.25) is 0 Å². The van der Waals surface area contributed by atoms with E-state index in [1.165, 1.54) is 0 Å². The van der Waals surface area contributed by atoms with Crippen LogP contribution in [-0.2, 0) is 0 Å². The zero-order valence-corrected chi connectivity index (χ0v) is 10.2. The summed E-state index contributed by atoms with van der Waals surface area (Å²) in [5, 5.41) is 18.5. The van der Waals surface area contributed by atoms with E-state index in [2.05, 4.69) is 0 Å². The Labute approximate surface area is 103 Å². The maximum Gasteiger partial charge on any atom is 0.0761 e. The number of hydrogen-bond acceptors (Lipinski definition) is 2. The zero-order valence-electron chi connectivity index (χ0n) is 10.2. The molecular weight excluding hydrogens is 212 g/mol. The van der Waals surface area contributed by atoms with Crippen LogP contribution in [0.1, 0.15) is 25.3 Å². The summed E-state index contributed by atoms with van der Waals surface area (Å²) in [6.07, 6.45) is 6.48. The molecule has 0 aliphatic carbocycles. The Morgan fingerprint density at radius 3 is 2.65 bits per heavy atom. The lowest BCUT2D eigenvalue weighted by molar-refractivity contribution is 0.224. The molecule has 1 rings (SSSR count). The van der Waals surface area contributed by atoms with E-state index in [4.69, 9.17) is 5.11 Å². The normalized spacial score (nSPS) is 14.2. The van der Waals surface area contributed by atoms with Crippen LogP contribution in [0.5, 0.6) is 0 Å². The second-order valence-electron chi connectivity index (χ2n) is 4.10. The summed E-state index contributed by atoms with van der Waals surface area (Å²) < 4.78 is 0. The third-order valence-electron chi connectivity index (χ3n) is 2.46. The zero-order chi connectivity index (χ0) is 12.5. The molecule has 92 valence electrons. The number of rotatable bonds is 6. The van der Waals surface area contributed by atoms with E-state index in [0.29, 0.717) is 12.8 Å². The van der Waals surface area contributed by atoms with Crippen LogP contribution in [0.3, 0.4) is 0 Å². The van der Waals surface area contributed by atoms with Gasteiger partial charge in [0.25, 0.3) is 0 Å². The van der Waals surface area contributed by atoms with Gasteiger partial charge in [0.1, 0.15) is 0 Å². The van der Waals surface area contributed by atoms with Crippen LogP contribution in [0.4, 0.5) is 0 Å². The average Bonchev–Trinajstić information content (AvgIpc) is 2.35. The molecule has 0 aromatic heterocycles. The van der Waals surface area contributed by atoms with Gasteiger partial charge in [-0.05, 0) is 25.3 Å². The maximum atomic E-state index is 9.79. The van der Waals surface area contributed by atoms with Gasteiger partial charge in [-0.15, -0.1) is 0 Å². The van der Waals surface area contributed by atoms with Crippen molar-refractivity contribution in [2.45, 2.75) is 25.9 Å². The Morgan fingerprint density at radius 1 is 1.29 bits per heavy atom. The monoisotopic (exact) mass is 232 g/mol. The molecule has 0 amide bonds. The van der Waals surface area contributed by atoms with Gasteiger partial charge >= 0.3 is 0 Å². The number of aliphatic hydroxyl groups is 2. The van der Waals surface area contributed by atoms with Gasteiger partial charge in [0, 0.05) is 6.61 Å². The van der Waals surface area contributed by atoms with E-state index >= 15 is 0 Å². The maximum absolute atomic E-state index is 9.79. The van der Waals surface area contributed by atoms with E-state index in [9.17, 15) is 5.11 Å². The lowest BCUT2D eigenvalue weighted by Gasteiger charge is -2.05. The molecule has 0 unspecified atom stereocenters. The molecule has 2 nitrogen and oxygen atoms in total. The number of hydrogen-bond donors (Lipinski definition) is 2. The topological polar surface area (TPSA) is 40.5 Å². The van der Waals surface area contributed by atoms with Crippen molar-refractivity contribution in [1.29, 1.82) is 0 Å². The Bertz CT molecular complexity index is 366. The first-order valence-electron chi connectivity index (χ1n) is 5.90. The lowest BCUT2D eigenvalue weighted by atomic mass is 10.1. The number of aliphatic hydroxyl groups excluding tert-OH is 2. The standard InChI is InChI=1S/C15H20O2/c1-13(6-5-11-16)12-15(17)10-9-14-7-3-2-4-8-14/h2-4,6-10,15-17H,5,11-12H2,1H3/b10-9+,13-6-/t15-/m1/s1. The Kier molecular flexibility index (Phi) is 6.30. The summed E-state index contributed by atoms with van der Waals surface area (Å²) in [7, 11) is 0. The smallest absolute Gasteiger partial charge is 0.0761 e. The minimum Gasteiger partial charge on any atom is -0.396 e. The van der Waals surface area contributed by atoms with E-state index < -0.39 is 6.10 Å². The third-order valence-corrected chi connectivity index (χ3v) is 2.46. The molecule has 0 radical (unpaired) electrons. The van der Waals surface area contributed by atoms with Crippen molar-refractivity contribution in [3.8, 4) is 0 Å². The molecule has 0 aliphatic rings. The van der Waals surface area contributed by atoms with E-state index in [0.717, 1.165) is 11.1 Å². The molecule has 0 bridgehead atoms. The second-order valence-corrected chi connectivity index (χ2v) is 4.10. The van der Waals surface area contributed by atoms with Crippen LogP contribution in [0.2, 0.25) is 0 Å². The largest absolute Gasteiger partial charge is 0.396 e. The molecule has 1 aromatic carbocycles. The summed E-state index contributed by atoms with van der Waals surface area (Å²) in [5.74, 6) is 0. The molecule has 0 heterocycles. The van der Waals surface area contributed by atoms with Gasteiger partial charge < -0.3 is 10.2 Å². The quantitative estimate of drug-likeness (QED) is 0.740. The van der Waals surface area contributed by atoms with Crippen molar-refractivity contribution < 1.29 is 10.2 Å². The van der Waals surface area contributed by atoms with Crippen molar-refractivity contribution in [3.05, 3.63) is 53.6 Å². The SMILES string of the molecule is C/C(=C/CCO)C[C@H](O)/C=C/c1ccccc1. The molecule has 0 fully saturated rings. The molecule has 1 atom stereocenters. The molecule has 0 aliphatic heterocycles. The molecule has 0 saturated carbocycles. The van der Waals surface area contributed by atoms with Crippen LogP contribution < -0.4 is 0 Å². The molecule has 0 spiro atoms. The van der Waals surface area contributed by atoms with Gasteiger partial charge in [0.15, 0.2) is 0 Å². The van der Waals surface area contributed by atoms with Gasteiger partial charge in [-0.2, -0.15) is 0 Å². The molecule has 2 N–H and O–H groups in total. The van der Waals surface area contributed by atoms with Crippen molar-refractivity contribution in [1.82, 2.24) is 0 Å². The van der Waals surface area contributed by atoms with Crippen LogP contribution in [-0.4, -0.2) is 22.9 Å².